The van der Waals surface area contributed by atoms with Crippen LogP contribution in [-0.4, -0.2) is 43.8 Å². The van der Waals surface area contributed by atoms with Gasteiger partial charge in [-0.2, -0.15) is 0 Å². The predicted octanol–water partition coefficient (Wildman–Crippen LogP) is 6.62. The normalized spacial score (nSPS) is 14.3. The van der Waals surface area contributed by atoms with Gasteiger partial charge in [-0.05, 0) is 54.3 Å². The van der Waals surface area contributed by atoms with Crippen LogP contribution in [-0.2, 0) is 32.6 Å². The van der Waals surface area contributed by atoms with E-state index in [0.717, 1.165) is 42.0 Å². The van der Waals surface area contributed by atoms with E-state index in [-0.39, 0.29) is 29.8 Å². The Hall–Kier alpha value is -4.14. The van der Waals surface area contributed by atoms with E-state index in [1.807, 2.05) is 42.5 Å². The zero-order chi connectivity index (χ0) is 31.6. The van der Waals surface area contributed by atoms with Gasteiger partial charge in [-0.25, -0.2) is 8.42 Å². The summed E-state index contributed by atoms with van der Waals surface area (Å²) in [6.45, 7) is -0.476. The maximum atomic E-state index is 14.5. The van der Waals surface area contributed by atoms with Crippen molar-refractivity contribution in [1.29, 1.82) is 0 Å². The summed E-state index contributed by atoms with van der Waals surface area (Å²) in [5.41, 5.74) is 1.89. The second-order valence-corrected chi connectivity index (χ2v) is 13.6. The van der Waals surface area contributed by atoms with E-state index >= 15 is 0 Å². The van der Waals surface area contributed by atoms with Crippen LogP contribution in [0.2, 0.25) is 5.02 Å². The molecule has 1 saturated carbocycles. The second-order valence-electron chi connectivity index (χ2n) is 11.3. The van der Waals surface area contributed by atoms with Gasteiger partial charge in [-0.1, -0.05) is 116 Å². The molecule has 45 heavy (non-hydrogen) atoms. The Morgan fingerprint density at radius 2 is 1.36 bits per heavy atom. The van der Waals surface area contributed by atoms with Crippen LogP contribution in [0.15, 0.2) is 120 Å². The summed E-state index contributed by atoms with van der Waals surface area (Å²) >= 11 is 6.58. The van der Waals surface area contributed by atoms with Crippen molar-refractivity contribution in [2.45, 2.75) is 62.0 Å². The molecule has 2 amide bonds. The van der Waals surface area contributed by atoms with E-state index in [1.165, 1.54) is 17.0 Å². The van der Waals surface area contributed by atoms with Crippen molar-refractivity contribution in [2.24, 2.45) is 0 Å². The van der Waals surface area contributed by atoms with Gasteiger partial charge in [0.25, 0.3) is 10.0 Å². The van der Waals surface area contributed by atoms with Crippen molar-refractivity contribution in [3.05, 3.63) is 131 Å². The molecule has 0 heterocycles. The molecule has 0 aromatic heterocycles. The van der Waals surface area contributed by atoms with Gasteiger partial charge in [0.05, 0.1) is 10.6 Å². The van der Waals surface area contributed by atoms with Crippen molar-refractivity contribution in [3.8, 4) is 0 Å². The molecule has 0 saturated heterocycles. The number of para-hydroxylation sites is 1. The van der Waals surface area contributed by atoms with Crippen LogP contribution < -0.4 is 9.62 Å². The van der Waals surface area contributed by atoms with E-state index in [9.17, 15) is 18.0 Å². The van der Waals surface area contributed by atoms with Gasteiger partial charge in [-0.3, -0.25) is 13.9 Å². The lowest BCUT2D eigenvalue weighted by Gasteiger charge is -2.35. The van der Waals surface area contributed by atoms with Crippen molar-refractivity contribution in [3.63, 3.8) is 0 Å². The molecule has 234 valence electrons. The number of halogens is 1. The highest BCUT2D eigenvalue weighted by molar-refractivity contribution is 7.92. The van der Waals surface area contributed by atoms with Gasteiger partial charge in [0, 0.05) is 24.0 Å². The molecule has 5 rings (SSSR count). The van der Waals surface area contributed by atoms with Gasteiger partial charge in [-0.15, -0.1) is 0 Å². The van der Waals surface area contributed by atoms with Crippen LogP contribution in [0.25, 0.3) is 0 Å². The first-order chi connectivity index (χ1) is 21.8. The first-order valence-corrected chi connectivity index (χ1v) is 17.1. The Labute approximate surface area is 270 Å². The minimum atomic E-state index is -4.13. The SMILES string of the molecule is O=C(NC1CCCCC1)[C@H](Cc1ccccc1)N(Cc1ccccc1Cl)C(=O)CN(c1ccccc1)S(=O)(=O)c1ccccc1. The summed E-state index contributed by atoms with van der Waals surface area (Å²) in [4.78, 5) is 30.2. The molecule has 1 atom stereocenters. The molecule has 0 radical (unpaired) electrons. The molecule has 0 bridgehead atoms. The molecule has 4 aromatic carbocycles. The standard InChI is InChI=1S/C36H38ClN3O4S/c37-33-24-14-13-17-29(33)26-39(34(25-28-15-5-1-6-16-28)36(42)38-30-18-7-2-8-19-30)35(41)27-40(31-20-9-3-10-21-31)45(43,44)32-22-11-4-12-23-32/h1,3-6,9-17,20-24,30,34H,2,7-8,18-19,25-27H2,(H,38,42)/t34-/m0/s1. The van der Waals surface area contributed by atoms with Gasteiger partial charge >= 0.3 is 0 Å². The monoisotopic (exact) mass is 643 g/mol. The largest absolute Gasteiger partial charge is 0.352 e. The van der Waals surface area contributed by atoms with Gasteiger partial charge < -0.3 is 10.2 Å². The van der Waals surface area contributed by atoms with E-state index < -0.39 is 28.5 Å². The molecule has 0 spiro atoms. The Morgan fingerprint density at radius 1 is 0.778 bits per heavy atom. The maximum Gasteiger partial charge on any atom is 0.264 e. The van der Waals surface area contributed by atoms with Crippen molar-refractivity contribution in [1.82, 2.24) is 10.2 Å². The number of hydrogen-bond donors (Lipinski definition) is 1. The number of carbonyl (C=O) groups excluding carboxylic acids is 2. The van der Waals surface area contributed by atoms with Gasteiger partial charge in [0.15, 0.2) is 0 Å². The highest BCUT2D eigenvalue weighted by Crippen LogP contribution is 2.26. The molecule has 1 aliphatic carbocycles. The summed E-state index contributed by atoms with van der Waals surface area (Å²) < 4.78 is 29.1. The van der Waals surface area contributed by atoms with Gasteiger partial charge in [0.1, 0.15) is 12.6 Å². The van der Waals surface area contributed by atoms with Crippen LogP contribution in [0.5, 0.6) is 0 Å². The van der Waals surface area contributed by atoms with Crippen LogP contribution >= 0.6 is 11.6 Å². The van der Waals surface area contributed by atoms with Crippen LogP contribution in [0.3, 0.4) is 0 Å². The topological polar surface area (TPSA) is 86.8 Å². The number of carbonyl (C=O) groups is 2. The number of anilines is 1. The molecule has 1 fully saturated rings. The first-order valence-electron chi connectivity index (χ1n) is 15.3. The van der Waals surface area contributed by atoms with Crippen molar-refractivity contribution >= 4 is 39.1 Å². The fraction of sp³-hybridized carbons (Fsp3) is 0.278. The molecule has 1 aliphatic rings. The quantitative estimate of drug-likeness (QED) is 0.188. The predicted molar refractivity (Wildman–Crippen MR) is 178 cm³/mol. The highest BCUT2D eigenvalue weighted by Gasteiger charge is 2.35. The van der Waals surface area contributed by atoms with E-state index in [2.05, 4.69) is 5.32 Å². The number of amides is 2. The minimum absolute atomic E-state index is 0.0288. The average molecular weight is 644 g/mol. The molecule has 4 aromatic rings. The smallest absolute Gasteiger partial charge is 0.264 e. The number of nitrogens with one attached hydrogen (secondary N) is 1. The number of nitrogens with zero attached hydrogens (tertiary/aromatic N) is 2. The Morgan fingerprint density at radius 3 is 2.00 bits per heavy atom. The number of sulfonamides is 1. The molecule has 0 unspecified atom stereocenters. The third-order valence-electron chi connectivity index (χ3n) is 8.18. The first kappa shape index (κ1) is 32.3. The Balaban J connectivity index is 1.55. The van der Waals surface area contributed by atoms with Crippen LogP contribution in [0, 0.1) is 0 Å². The lowest BCUT2D eigenvalue weighted by Crippen LogP contribution is -2.55. The summed E-state index contributed by atoms with van der Waals surface area (Å²) in [7, 11) is -4.13. The zero-order valence-electron chi connectivity index (χ0n) is 25.1. The summed E-state index contributed by atoms with van der Waals surface area (Å²) in [6, 6.07) is 32.5. The molecule has 0 aliphatic heterocycles. The zero-order valence-corrected chi connectivity index (χ0v) is 26.7. The highest BCUT2D eigenvalue weighted by atomic mass is 35.5. The second kappa shape index (κ2) is 15.2. The maximum absolute atomic E-state index is 14.5. The summed E-state index contributed by atoms with van der Waals surface area (Å²) in [5, 5.41) is 3.68. The van der Waals surface area contributed by atoms with E-state index in [1.54, 1.807) is 60.7 Å². The third-order valence-corrected chi connectivity index (χ3v) is 10.3. The number of benzene rings is 4. The van der Waals surface area contributed by atoms with Crippen molar-refractivity contribution < 1.29 is 18.0 Å². The minimum Gasteiger partial charge on any atom is -0.352 e. The molecule has 7 nitrogen and oxygen atoms in total. The lowest BCUT2D eigenvalue weighted by molar-refractivity contribution is -0.140. The lowest BCUT2D eigenvalue weighted by atomic mass is 9.94. The number of hydrogen-bond acceptors (Lipinski definition) is 4. The van der Waals surface area contributed by atoms with Crippen LogP contribution in [0.4, 0.5) is 5.69 Å². The summed E-state index contributed by atoms with van der Waals surface area (Å²) in [5.74, 6) is -0.777. The summed E-state index contributed by atoms with van der Waals surface area (Å²) in [6.07, 6.45) is 5.26. The fourth-order valence-corrected chi connectivity index (χ4v) is 7.38. The fourth-order valence-electron chi connectivity index (χ4n) is 5.75. The number of rotatable bonds is 12. The van der Waals surface area contributed by atoms with Crippen LogP contribution in [0.1, 0.15) is 43.2 Å². The Bertz CT molecular complexity index is 1660. The third kappa shape index (κ3) is 8.32. The van der Waals surface area contributed by atoms with E-state index in [0.29, 0.717) is 16.3 Å². The van der Waals surface area contributed by atoms with Gasteiger partial charge in [0.2, 0.25) is 11.8 Å². The Kier molecular flexibility index (Phi) is 10.9. The molecule has 1 N–H and O–H groups in total. The molecular weight excluding hydrogens is 606 g/mol. The van der Waals surface area contributed by atoms with Crippen molar-refractivity contribution in [2.75, 3.05) is 10.8 Å². The van der Waals surface area contributed by atoms with E-state index in [4.69, 9.17) is 11.6 Å². The molecular formula is C36H38ClN3O4S. The molecule has 9 heteroatoms. The average Bonchev–Trinajstić information content (AvgIpc) is 3.07.